The first-order chi connectivity index (χ1) is 16.4. The van der Waals surface area contributed by atoms with Crippen LogP contribution >= 0.6 is 12.2 Å². The van der Waals surface area contributed by atoms with E-state index in [1.807, 2.05) is 32.0 Å². The van der Waals surface area contributed by atoms with Crippen LogP contribution in [0.4, 0.5) is 11.4 Å². The Bertz CT molecular complexity index is 1200. The second-order valence-corrected chi connectivity index (χ2v) is 7.95. The van der Waals surface area contributed by atoms with Crippen molar-refractivity contribution >= 4 is 40.5 Å². The zero-order chi connectivity index (χ0) is 24.5. The van der Waals surface area contributed by atoms with E-state index >= 15 is 0 Å². The zero-order valence-electron chi connectivity index (χ0n) is 19.3. The number of carbonyl (C=O) groups excluding carboxylic acids is 2. The number of hydrogen-bond donors (Lipinski definition) is 3. The summed E-state index contributed by atoms with van der Waals surface area (Å²) >= 11 is 5.33. The lowest BCUT2D eigenvalue weighted by atomic mass is 10.1. The molecule has 2 amide bonds. The number of methoxy groups -OCH3 is 1. The Morgan fingerprint density at radius 1 is 0.824 bits per heavy atom. The molecule has 7 nitrogen and oxygen atoms in total. The normalized spacial score (nSPS) is 10.3. The molecule has 34 heavy (non-hydrogen) atoms. The van der Waals surface area contributed by atoms with Crippen LogP contribution in [0.5, 0.6) is 5.75 Å². The molecular weight excluding hydrogens is 450 g/mol. The molecule has 0 spiro atoms. The highest BCUT2D eigenvalue weighted by Gasteiger charge is 2.16. The third-order valence-electron chi connectivity index (χ3n) is 5.09. The Morgan fingerprint density at radius 3 is 2.26 bits per heavy atom. The van der Waals surface area contributed by atoms with Crippen LogP contribution in [0.2, 0.25) is 0 Å². The molecule has 8 heteroatoms. The molecular formula is C26H27N3O4S. The molecule has 3 rings (SSSR count). The molecule has 0 heterocycles. The van der Waals surface area contributed by atoms with E-state index in [9.17, 15) is 9.59 Å². The van der Waals surface area contributed by atoms with Gasteiger partial charge in [0.05, 0.1) is 23.4 Å². The molecule has 0 aliphatic heterocycles. The fourth-order valence-corrected chi connectivity index (χ4v) is 3.35. The van der Waals surface area contributed by atoms with Crippen molar-refractivity contribution in [2.24, 2.45) is 0 Å². The van der Waals surface area contributed by atoms with E-state index in [0.29, 0.717) is 41.5 Å². The van der Waals surface area contributed by atoms with Crippen molar-refractivity contribution in [1.82, 2.24) is 5.32 Å². The summed E-state index contributed by atoms with van der Waals surface area (Å²) in [4.78, 5) is 25.7. The molecule has 0 saturated heterocycles. The van der Waals surface area contributed by atoms with Gasteiger partial charge in [-0.15, -0.1) is 0 Å². The molecule has 0 atom stereocenters. The first-order valence-electron chi connectivity index (χ1n) is 10.7. The van der Waals surface area contributed by atoms with E-state index in [2.05, 4.69) is 16.0 Å². The van der Waals surface area contributed by atoms with E-state index in [4.69, 9.17) is 21.7 Å². The minimum Gasteiger partial charge on any atom is -0.490 e. The van der Waals surface area contributed by atoms with Crippen LogP contribution in [-0.2, 0) is 4.74 Å². The zero-order valence-corrected chi connectivity index (χ0v) is 20.1. The topological polar surface area (TPSA) is 88.7 Å². The van der Waals surface area contributed by atoms with Gasteiger partial charge in [0.1, 0.15) is 12.4 Å². The number of carbonyl (C=O) groups is 2. The summed E-state index contributed by atoms with van der Waals surface area (Å²) in [6.45, 7) is 4.71. The molecule has 176 valence electrons. The Kier molecular flexibility index (Phi) is 8.73. The summed E-state index contributed by atoms with van der Waals surface area (Å²) in [5, 5.41) is 8.55. The number of nitrogens with one attached hydrogen (secondary N) is 3. The molecule has 0 aliphatic rings. The maximum Gasteiger partial charge on any atom is 0.261 e. The fourth-order valence-electron chi connectivity index (χ4n) is 3.15. The molecule has 0 aliphatic carbocycles. The lowest BCUT2D eigenvalue weighted by Gasteiger charge is -2.15. The summed E-state index contributed by atoms with van der Waals surface area (Å²) in [7, 11) is 1.58. The van der Waals surface area contributed by atoms with Crippen LogP contribution in [-0.4, -0.2) is 37.3 Å². The summed E-state index contributed by atoms with van der Waals surface area (Å²) in [5.74, 6) is -0.298. The van der Waals surface area contributed by atoms with Crippen molar-refractivity contribution < 1.29 is 19.1 Å². The van der Waals surface area contributed by atoms with Crippen LogP contribution in [0.15, 0.2) is 66.7 Å². The van der Waals surface area contributed by atoms with Crippen LogP contribution < -0.4 is 20.7 Å². The van der Waals surface area contributed by atoms with Crippen molar-refractivity contribution in [2.45, 2.75) is 13.8 Å². The van der Waals surface area contributed by atoms with Crippen LogP contribution in [0, 0.1) is 13.8 Å². The molecule has 0 bridgehead atoms. The number of amides is 2. The van der Waals surface area contributed by atoms with Crippen molar-refractivity contribution in [2.75, 3.05) is 31.0 Å². The molecule has 0 radical (unpaired) electrons. The Balaban J connectivity index is 1.68. The van der Waals surface area contributed by atoms with Crippen LogP contribution in [0.1, 0.15) is 31.8 Å². The number of anilines is 2. The summed E-state index contributed by atoms with van der Waals surface area (Å²) < 4.78 is 10.6. The number of rotatable bonds is 8. The van der Waals surface area contributed by atoms with Gasteiger partial charge in [0.15, 0.2) is 5.11 Å². The van der Waals surface area contributed by atoms with Gasteiger partial charge in [0, 0.05) is 12.8 Å². The quantitative estimate of drug-likeness (QED) is 0.322. The lowest BCUT2D eigenvalue weighted by molar-refractivity contribution is 0.0969. The highest BCUT2D eigenvalue weighted by Crippen LogP contribution is 2.20. The highest BCUT2D eigenvalue weighted by molar-refractivity contribution is 7.80. The predicted octanol–water partition coefficient (Wildman–Crippen LogP) is 4.71. The van der Waals surface area contributed by atoms with Gasteiger partial charge in [-0.05, 0) is 73.6 Å². The third-order valence-corrected chi connectivity index (χ3v) is 5.29. The van der Waals surface area contributed by atoms with Crippen molar-refractivity contribution in [3.63, 3.8) is 0 Å². The second kappa shape index (κ2) is 11.9. The van der Waals surface area contributed by atoms with E-state index in [0.717, 1.165) is 11.1 Å². The molecule has 0 unspecified atom stereocenters. The Morgan fingerprint density at radius 2 is 1.53 bits per heavy atom. The van der Waals surface area contributed by atoms with Crippen LogP contribution in [0.3, 0.4) is 0 Å². The number of thiocarbonyl (C=S) groups is 1. The minimum absolute atomic E-state index is 0.0584. The average molecular weight is 478 g/mol. The van der Waals surface area contributed by atoms with Gasteiger partial charge in [-0.1, -0.05) is 30.3 Å². The van der Waals surface area contributed by atoms with Crippen molar-refractivity contribution in [3.8, 4) is 5.75 Å². The highest BCUT2D eigenvalue weighted by atomic mass is 32.1. The van der Waals surface area contributed by atoms with E-state index in [1.54, 1.807) is 55.6 Å². The van der Waals surface area contributed by atoms with Crippen molar-refractivity contribution in [3.05, 3.63) is 89.0 Å². The molecule has 0 aromatic heterocycles. The first-order valence-corrected chi connectivity index (χ1v) is 11.1. The van der Waals surface area contributed by atoms with Gasteiger partial charge in [-0.3, -0.25) is 14.9 Å². The molecule has 3 N–H and O–H groups in total. The Hall–Kier alpha value is -3.75. The predicted molar refractivity (Wildman–Crippen MR) is 138 cm³/mol. The number of para-hydroxylation sites is 2. The summed E-state index contributed by atoms with van der Waals surface area (Å²) in [6.07, 6.45) is 0. The summed E-state index contributed by atoms with van der Waals surface area (Å²) in [6, 6.07) is 19.5. The number of hydrogen-bond acceptors (Lipinski definition) is 5. The van der Waals surface area contributed by atoms with E-state index in [1.165, 1.54) is 0 Å². The van der Waals surface area contributed by atoms with Gasteiger partial charge in [0.25, 0.3) is 11.8 Å². The molecule has 0 saturated carbocycles. The van der Waals surface area contributed by atoms with Gasteiger partial charge in [-0.2, -0.15) is 0 Å². The maximum atomic E-state index is 12.9. The van der Waals surface area contributed by atoms with E-state index in [-0.39, 0.29) is 11.0 Å². The maximum absolute atomic E-state index is 12.9. The standard InChI is InChI=1S/C26H27N3O4S/c1-17-12-13-19(16-18(17)2)27-24(30)20-8-4-6-10-22(20)28-26(34)29-25(31)21-9-5-7-11-23(21)33-15-14-32-3/h4-13,16H,14-15H2,1-3H3,(H,27,30)(H2,28,29,31,34). The lowest BCUT2D eigenvalue weighted by Crippen LogP contribution is -2.35. The Labute approximate surface area is 204 Å². The largest absolute Gasteiger partial charge is 0.490 e. The van der Waals surface area contributed by atoms with E-state index < -0.39 is 5.91 Å². The minimum atomic E-state index is -0.428. The van der Waals surface area contributed by atoms with Gasteiger partial charge >= 0.3 is 0 Å². The van der Waals surface area contributed by atoms with Gasteiger partial charge < -0.3 is 20.1 Å². The molecule has 3 aromatic rings. The number of aryl methyl sites for hydroxylation is 2. The van der Waals surface area contributed by atoms with Crippen molar-refractivity contribution in [1.29, 1.82) is 0 Å². The fraction of sp³-hybridized carbons (Fsp3) is 0.192. The molecule has 3 aromatic carbocycles. The first kappa shape index (κ1) is 24.9. The van der Waals surface area contributed by atoms with Gasteiger partial charge in [0.2, 0.25) is 0 Å². The number of benzene rings is 3. The monoisotopic (exact) mass is 477 g/mol. The summed E-state index contributed by atoms with van der Waals surface area (Å²) in [5.41, 5.74) is 4.12. The van der Waals surface area contributed by atoms with Gasteiger partial charge in [-0.25, -0.2) is 0 Å². The third kappa shape index (κ3) is 6.63. The average Bonchev–Trinajstić information content (AvgIpc) is 2.82. The second-order valence-electron chi connectivity index (χ2n) is 7.54. The smallest absolute Gasteiger partial charge is 0.261 e. The molecule has 0 fully saturated rings. The number of ether oxygens (including phenoxy) is 2. The van der Waals surface area contributed by atoms with Crippen LogP contribution in [0.25, 0.3) is 0 Å². The SMILES string of the molecule is COCCOc1ccccc1C(=O)NC(=S)Nc1ccccc1C(=O)Nc1ccc(C)c(C)c1.